The molecule has 0 saturated carbocycles. The van der Waals surface area contributed by atoms with Crippen molar-refractivity contribution in [1.29, 1.82) is 0 Å². The van der Waals surface area contributed by atoms with Gasteiger partial charge in [-0.15, -0.1) is 0 Å². The number of hydrogen-bond acceptors (Lipinski definition) is 0. The van der Waals surface area contributed by atoms with Crippen LogP contribution in [0.25, 0.3) is 0 Å². The molecule has 0 spiro atoms. The SMILES string of the molecule is C[C@H](c1ccccc1)[N+](C)(C)C.[I-]. The number of halogens is 1. The van der Waals surface area contributed by atoms with Crippen molar-refractivity contribution in [3.63, 3.8) is 0 Å². The molecule has 74 valence electrons. The number of rotatable bonds is 2. The summed E-state index contributed by atoms with van der Waals surface area (Å²) in [6.07, 6.45) is 0. The van der Waals surface area contributed by atoms with Crippen LogP contribution in [-0.4, -0.2) is 25.6 Å². The lowest BCUT2D eigenvalue weighted by Gasteiger charge is -2.31. The van der Waals surface area contributed by atoms with Crippen LogP contribution in [0.5, 0.6) is 0 Å². The van der Waals surface area contributed by atoms with Gasteiger partial charge in [-0.2, -0.15) is 0 Å². The van der Waals surface area contributed by atoms with Gasteiger partial charge >= 0.3 is 0 Å². The molecule has 0 aromatic heterocycles. The minimum absolute atomic E-state index is 0. The van der Waals surface area contributed by atoms with Crippen molar-refractivity contribution in [2.45, 2.75) is 13.0 Å². The minimum Gasteiger partial charge on any atom is -1.00 e. The second kappa shape index (κ2) is 4.96. The molecule has 0 aliphatic heterocycles. The van der Waals surface area contributed by atoms with Gasteiger partial charge in [0.05, 0.1) is 21.1 Å². The first kappa shape index (κ1) is 12.9. The minimum atomic E-state index is 0. The Bertz CT molecular complexity index is 238. The molecule has 2 heteroatoms. The third-order valence-corrected chi connectivity index (χ3v) is 2.44. The summed E-state index contributed by atoms with van der Waals surface area (Å²) in [5.41, 5.74) is 1.41. The fourth-order valence-electron chi connectivity index (χ4n) is 1.18. The van der Waals surface area contributed by atoms with Gasteiger partial charge in [0.15, 0.2) is 0 Å². The summed E-state index contributed by atoms with van der Waals surface area (Å²) in [5, 5.41) is 0. The van der Waals surface area contributed by atoms with Crippen molar-refractivity contribution in [1.82, 2.24) is 0 Å². The average Bonchev–Trinajstić information content (AvgIpc) is 2.03. The van der Waals surface area contributed by atoms with Gasteiger partial charge in [0.1, 0.15) is 6.04 Å². The Kier molecular flexibility index (Phi) is 4.92. The van der Waals surface area contributed by atoms with E-state index in [1.807, 2.05) is 0 Å². The molecule has 1 rings (SSSR count). The summed E-state index contributed by atoms with van der Waals surface area (Å²) < 4.78 is 0.976. The van der Waals surface area contributed by atoms with E-state index in [2.05, 4.69) is 58.4 Å². The molecule has 1 atom stereocenters. The zero-order valence-corrected chi connectivity index (χ0v) is 10.9. The third-order valence-electron chi connectivity index (χ3n) is 2.44. The van der Waals surface area contributed by atoms with Gasteiger partial charge in [-0.3, -0.25) is 0 Å². The van der Waals surface area contributed by atoms with Crippen LogP contribution in [0.1, 0.15) is 18.5 Å². The highest BCUT2D eigenvalue weighted by Gasteiger charge is 2.19. The Hall–Kier alpha value is -0.0900. The van der Waals surface area contributed by atoms with Gasteiger partial charge in [-0.1, -0.05) is 30.3 Å². The van der Waals surface area contributed by atoms with Crippen LogP contribution in [0.15, 0.2) is 30.3 Å². The second-order valence-corrected chi connectivity index (χ2v) is 4.20. The summed E-state index contributed by atoms with van der Waals surface area (Å²) in [6, 6.07) is 11.2. The van der Waals surface area contributed by atoms with Gasteiger partial charge < -0.3 is 28.5 Å². The highest BCUT2D eigenvalue weighted by molar-refractivity contribution is 5.16. The van der Waals surface area contributed by atoms with E-state index < -0.39 is 0 Å². The summed E-state index contributed by atoms with van der Waals surface area (Å²) in [5.74, 6) is 0. The van der Waals surface area contributed by atoms with E-state index >= 15 is 0 Å². The van der Waals surface area contributed by atoms with Crippen molar-refractivity contribution in [3.05, 3.63) is 35.9 Å². The molecule has 13 heavy (non-hydrogen) atoms. The van der Waals surface area contributed by atoms with Crippen LogP contribution in [0.4, 0.5) is 0 Å². The van der Waals surface area contributed by atoms with E-state index in [-0.39, 0.29) is 24.0 Å². The molecule has 0 fully saturated rings. The Morgan fingerprint density at radius 3 is 1.85 bits per heavy atom. The van der Waals surface area contributed by atoms with E-state index in [9.17, 15) is 0 Å². The molecule has 1 nitrogen and oxygen atoms in total. The lowest BCUT2D eigenvalue weighted by Crippen LogP contribution is -3.00. The van der Waals surface area contributed by atoms with Gasteiger partial charge in [0.2, 0.25) is 0 Å². The highest BCUT2D eigenvalue weighted by Crippen LogP contribution is 2.21. The van der Waals surface area contributed by atoms with Crippen LogP contribution >= 0.6 is 0 Å². The molecule has 0 amide bonds. The van der Waals surface area contributed by atoms with Crippen LogP contribution in [0, 0.1) is 0 Å². The summed E-state index contributed by atoms with van der Waals surface area (Å²) in [4.78, 5) is 0. The Labute approximate surface area is 98.4 Å². The van der Waals surface area contributed by atoms with Crippen molar-refractivity contribution in [2.75, 3.05) is 21.1 Å². The number of nitrogens with zero attached hydrogens (tertiary/aromatic N) is 1. The predicted molar refractivity (Wildman–Crippen MR) is 52.9 cm³/mol. The number of hydrogen-bond donors (Lipinski definition) is 0. The van der Waals surface area contributed by atoms with E-state index in [4.69, 9.17) is 0 Å². The van der Waals surface area contributed by atoms with E-state index in [1.54, 1.807) is 0 Å². The monoisotopic (exact) mass is 291 g/mol. The Balaban J connectivity index is 0.00000144. The van der Waals surface area contributed by atoms with Crippen molar-refractivity contribution < 1.29 is 28.5 Å². The maximum absolute atomic E-state index is 2.26. The van der Waals surface area contributed by atoms with E-state index in [1.165, 1.54) is 5.56 Å². The van der Waals surface area contributed by atoms with Crippen molar-refractivity contribution in [2.24, 2.45) is 0 Å². The number of quaternary nitrogens is 1. The molecule has 0 unspecified atom stereocenters. The molecular formula is C11H18IN. The molecule has 1 aromatic rings. The first-order valence-corrected chi connectivity index (χ1v) is 4.38. The summed E-state index contributed by atoms with van der Waals surface area (Å²) >= 11 is 0. The fourth-order valence-corrected chi connectivity index (χ4v) is 1.18. The van der Waals surface area contributed by atoms with Crippen LogP contribution in [0.3, 0.4) is 0 Å². The first-order chi connectivity index (χ1) is 5.52. The second-order valence-electron chi connectivity index (χ2n) is 4.20. The Morgan fingerprint density at radius 2 is 1.46 bits per heavy atom. The van der Waals surface area contributed by atoms with Crippen LogP contribution in [0.2, 0.25) is 0 Å². The van der Waals surface area contributed by atoms with E-state index in [0.717, 1.165) is 4.48 Å². The number of benzene rings is 1. The maximum Gasteiger partial charge on any atom is 0.111 e. The van der Waals surface area contributed by atoms with Crippen LogP contribution < -0.4 is 24.0 Å². The standard InChI is InChI=1S/C11H18N.HI/c1-10(12(2,3)4)11-8-6-5-7-9-11;/h5-10H,1-4H3;1H/q+1;/p-1/t10-;/m1./s1. The largest absolute Gasteiger partial charge is 1.00 e. The lowest BCUT2D eigenvalue weighted by atomic mass is 10.1. The highest BCUT2D eigenvalue weighted by atomic mass is 127. The smallest absolute Gasteiger partial charge is 0.111 e. The molecule has 0 N–H and O–H groups in total. The lowest BCUT2D eigenvalue weighted by molar-refractivity contribution is -0.900. The quantitative estimate of drug-likeness (QED) is 0.507. The normalized spacial score (nSPS) is 13.2. The molecule has 1 aromatic carbocycles. The molecule has 0 radical (unpaired) electrons. The molecule has 0 saturated heterocycles. The summed E-state index contributed by atoms with van der Waals surface area (Å²) in [6.45, 7) is 2.26. The summed E-state index contributed by atoms with van der Waals surface area (Å²) in [7, 11) is 6.66. The fraction of sp³-hybridized carbons (Fsp3) is 0.455. The van der Waals surface area contributed by atoms with Gasteiger partial charge in [0.25, 0.3) is 0 Å². The zero-order chi connectivity index (χ0) is 9.19. The predicted octanol–water partition coefficient (Wildman–Crippen LogP) is -0.542. The van der Waals surface area contributed by atoms with Gasteiger partial charge in [-0.25, -0.2) is 0 Å². The van der Waals surface area contributed by atoms with Crippen molar-refractivity contribution in [3.8, 4) is 0 Å². The maximum atomic E-state index is 2.26. The third kappa shape index (κ3) is 3.65. The van der Waals surface area contributed by atoms with Crippen LogP contribution in [-0.2, 0) is 0 Å². The Morgan fingerprint density at radius 1 is 1.00 bits per heavy atom. The molecular weight excluding hydrogens is 273 g/mol. The molecule has 0 bridgehead atoms. The van der Waals surface area contributed by atoms with Gasteiger partial charge in [-0.05, 0) is 6.92 Å². The molecule has 0 aliphatic carbocycles. The topological polar surface area (TPSA) is 0 Å². The average molecular weight is 291 g/mol. The zero-order valence-electron chi connectivity index (χ0n) is 8.79. The van der Waals surface area contributed by atoms with E-state index in [0.29, 0.717) is 6.04 Å². The van der Waals surface area contributed by atoms with Gasteiger partial charge in [0, 0.05) is 5.56 Å². The molecule has 0 aliphatic rings. The van der Waals surface area contributed by atoms with Crippen molar-refractivity contribution >= 4 is 0 Å². The first-order valence-electron chi connectivity index (χ1n) is 4.38. The molecule has 0 heterocycles.